The van der Waals surface area contributed by atoms with Crippen molar-refractivity contribution >= 4 is 39.1 Å². The lowest BCUT2D eigenvalue weighted by Crippen LogP contribution is -2.22. The molecule has 0 spiro atoms. The minimum atomic E-state index is 0.704. The molecule has 4 heteroatoms. The van der Waals surface area contributed by atoms with E-state index in [4.69, 9.17) is 9.97 Å². The number of nitrogens with zero attached hydrogens (tertiary/aromatic N) is 4. The van der Waals surface area contributed by atoms with Crippen LogP contribution in [0.3, 0.4) is 0 Å². The van der Waals surface area contributed by atoms with Crippen molar-refractivity contribution in [2.24, 2.45) is 0 Å². The summed E-state index contributed by atoms with van der Waals surface area (Å²) >= 11 is 0. The quantitative estimate of drug-likeness (QED) is 0.188. The highest BCUT2D eigenvalue weighted by Gasteiger charge is 2.29. The Hall–Kier alpha value is -6.52. The number of anilines is 2. The Balaban J connectivity index is 1.18. The van der Waals surface area contributed by atoms with Gasteiger partial charge in [0, 0.05) is 57.2 Å². The van der Waals surface area contributed by atoms with E-state index in [1.54, 1.807) is 0 Å². The third-order valence-corrected chi connectivity index (χ3v) is 10.1. The van der Waals surface area contributed by atoms with E-state index >= 15 is 0 Å². The fourth-order valence-electron chi connectivity index (χ4n) is 7.65. The molecule has 1 aliphatic carbocycles. The van der Waals surface area contributed by atoms with Crippen molar-refractivity contribution in [2.75, 3.05) is 4.90 Å². The Labute approximate surface area is 290 Å². The molecule has 0 amide bonds. The van der Waals surface area contributed by atoms with Gasteiger partial charge in [0.05, 0.1) is 22.6 Å². The van der Waals surface area contributed by atoms with Gasteiger partial charge in [-0.25, -0.2) is 9.97 Å². The van der Waals surface area contributed by atoms with E-state index in [1.165, 1.54) is 49.8 Å². The number of benzene rings is 6. The molecular weight excluding hydrogens is 609 g/mol. The van der Waals surface area contributed by atoms with Crippen molar-refractivity contribution < 1.29 is 0 Å². The normalized spacial score (nSPS) is 13.2. The van der Waals surface area contributed by atoms with Crippen LogP contribution in [0, 0.1) is 6.92 Å². The van der Waals surface area contributed by atoms with Crippen molar-refractivity contribution in [2.45, 2.75) is 13.3 Å². The van der Waals surface area contributed by atoms with Gasteiger partial charge in [0.15, 0.2) is 5.82 Å². The maximum atomic E-state index is 5.15. The maximum Gasteiger partial charge on any atom is 0.160 e. The number of aromatic nitrogens is 3. The van der Waals surface area contributed by atoms with Gasteiger partial charge in [-0.1, -0.05) is 115 Å². The molecule has 2 bridgehead atoms. The zero-order valence-electron chi connectivity index (χ0n) is 27.6. The number of allylic oxidation sites excluding steroid dienone is 3. The van der Waals surface area contributed by atoms with Crippen molar-refractivity contribution in [3.8, 4) is 39.6 Å². The summed E-state index contributed by atoms with van der Waals surface area (Å²) in [5, 5.41) is 3.87. The smallest absolute Gasteiger partial charge is 0.160 e. The van der Waals surface area contributed by atoms with Crippen molar-refractivity contribution in [1.82, 2.24) is 14.5 Å². The molecule has 4 nitrogen and oxygen atoms in total. The minimum absolute atomic E-state index is 0.704. The topological polar surface area (TPSA) is 34.0 Å². The third-order valence-electron chi connectivity index (χ3n) is 10.1. The van der Waals surface area contributed by atoms with Crippen molar-refractivity contribution in [3.05, 3.63) is 180 Å². The molecule has 236 valence electrons. The van der Waals surface area contributed by atoms with Crippen LogP contribution in [0.25, 0.3) is 67.3 Å². The van der Waals surface area contributed by atoms with Crippen LogP contribution in [0.5, 0.6) is 0 Å². The van der Waals surface area contributed by atoms with E-state index in [9.17, 15) is 0 Å². The Kier molecular flexibility index (Phi) is 6.43. The van der Waals surface area contributed by atoms with Crippen LogP contribution in [-0.4, -0.2) is 14.5 Å². The minimum Gasteiger partial charge on any atom is -0.316 e. The lowest BCUT2D eigenvalue weighted by Gasteiger charge is -2.34. The van der Waals surface area contributed by atoms with Gasteiger partial charge in [-0.2, -0.15) is 0 Å². The average molecular weight is 641 g/mol. The molecule has 1 aliphatic heterocycles. The molecule has 8 aromatic rings. The summed E-state index contributed by atoms with van der Waals surface area (Å²) in [6, 6.07) is 49.6. The summed E-state index contributed by atoms with van der Waals surface area (Å²) < 4.78 is 2.32. The molecule has 2 aliphatic rings. The first kappa shape index (κ1) is 28.5. The van der Waals surface area contributed by atoms with Crippen LogP contribution in [0.1, 0.15) is 16.7 Å². The first-order valence-corrected chi connectivity index (χ1v) is 17.1. The zero-order valence-corrected chi connectivity index (χ0v) is 27.6. The predicted molar refractivity (Wildman–Crippen MR) is 207 cm³/mol. The molecule has 0 N–H and O–H groups in total. The molecule has 0 saturated heterocycles. The molecule has 10 rings (SSSR count). The highest BCUT2D eigenvalue weighted by atomic mass is 15.2. The van der Waals surface area contributed by atoms with Crippen LogP contribution < -0.4 is 4.90 Å². The highest BCUT2D eigenvalue weighted by Crippen LogP contribution is 2.48. The standard InChI is InChI=1S/C46H32N4/c1-30-18-21-35(22-19-30)49-25-24-38-39-23-20-31-14-8-17-37-27-40(31)45(39)44(29-43(38)49)50(37)36-16-9-15-34(26-36)46-47-41(32-10-4-2-5-11-32)28-42(48-46)33-12-6-3-7-13-33/h2-26,28-29H,27H2,1H3. The lowest BCUT2D eigenvalue weighted by molar-refractivity contribution is 1.03. The summed E-state index contributed by atoms with van der Waals surface area (Å²) in [7, 11) is 0. The maximum absolute atomic E-state index is 5.15. The molecule has 0 radical (unpaired) electrons. The van der Waals surface area contributed by atoms with Gasteiger partial charge >= 0.3 is 0 Å². The second kappa shape index (κ2) is 11.3. The third kappa shape index (κ3) is 4.61. The van der Waals surface area contributed by atoms with Crippen LogP contribution in [0.15, 0.2) is 164 Å². The van der Waals surface area contributed by atoms with Gasteiger partial charge < -0.3 is 9.47 Å². The van der Waals surface area contributed by atoms with Gasteiger partial charge in [0.2, 0.25) is 0 Å². The second-order valence-electron chi connectivity index (χ2n) is 13.2. The average Bonchev–Trinajstić information content (AvgIpc) is 3.50. The Bertz CT molecular complexity index is 2610. The summed E-state index contributed by atoms with van der Waals surface area (Å²) in [6.07, 6.45) is 9.78. The van der Waals surface area contributed by atoms with E-state index in [-0.39, 0.29) is 0 Å². The number of hydrogen-bond donors (Lipinski definition) is 0. The first-order valence-electron chi connectivity index (χ1n) is 17.1. The van der Waals surface area contributed by atoms with Crippen LogP contribution in [0.4, 0.5) is 11.4 Å². The molecule has 50 heavy (non-hydrogen) atoms. The monoisotopic (exact) mass is 640 g/mol. The van der Waals surface area contributed by atoms with E-state index in [1.807, 2.05) is 12.1 Å². The van der Waals surface area contributed by atoms with Gasteiger partial charge in [-0.3, -0.25) is 0 Å². The molecule has 6 aromatic carbocycles. The fourth-order valence-corrected chi connectivity index (χ4v) is 7.65. The number of rotatable bonds is 5. The second-order valence-corrected chi connectivity index (χ2v) is 13.2. The van der Waals surface area contributed by atoms with Crippen LogP contribution in [-0.2, 0) is 6.42 Å². The predicted octanol–water partition coefficient (Wildman–Crippen LogP) is 11.5. The molecular formula is C46H32N4. The Morgan fingerprint density at radius 2 is 1.32 bits per heavy atom. The largest absolute Gasteiger partial charge is 0.316 e. The summed E-state index contributed by atoms with van der Waals surface area (Å²) in [5.41, 5.74) is 14.7. The summed E-state index contributed by atoms with van der Waals surface area (Å²) in [4.78, 5) is 12.7. The molecule has 2 aromatic heterocycles. The van der Waals surface area contributed by atoms with Gasteiger partial charge in [-0.15, -0.1) is 0 Å². The SMILES string of the molecule is Cc1ccc(-n2ccc3c4ccc5c6c4c(cc32)N(c2cccc(-c3nc(-c4ccccc4)cc(-c4ccccc4)n3)c2)C(=CC=C5)C6)cc1. The number of aryl methyl sites for hydroxylation is 1. The van der Waals surface area contributed by atoms with E-state index in [0.717, 1.165) is 45.9 Å². The van der Waals surface area contributed by atoms with E-state index in [2.05, 4.69) is 168 Å². The van der Waals surface area contributed by atoms with Crippen molar-refractivity contribution in [1.29, 1.82) is 0 Å². The van der Waals surface area contributed by atoms with Gasteiger partial charge in [-0.05, 0) is 72.0 Å². The van der Waals surface area contributed by atoms with E-state index < -0.39 is 0 Å². The van der Waals surface area contributed by atoms with Crippen LogP contribution in [0.2, 0.25) is 0 Å². The number of fused-ring (bicyclic) bond motifs is 3. The van der Waals surface area contributed by atoms with E-state index in [0.29, 0.717) is 5.82 Å². The number of hydrogen-bond acceptors (Lipinski definition) is 3. The fraction of sp³-hybridized carbons (Fsp3) is 0.0435. The van der Waals surface area contributed by atoms with Gasteiger partial charge in [0.25, 0.3) is 0 Å². The van der Waals surface area contributed by atoms with Crippen LogP contribution >= 0.6 is 0 Å². The zero-order chi connectivity index (χ0) is 33.2. The molecule has 0 unspecified atom stereocenters. The van der Waals surface area contributed by atoms with Crippen molar-refractivity contribution in [3.63, 3.8) is 0 Å². The Morgan fingerprint density at radius 3 is 2.06 bits per heavy atom. The molecule has 3 heterocycles. The first-order chi connectivity index (χ1) is 24.7. The highest BCUT2D eigenvalue weighted by molar-refractivity contribution is 6.16. The lowest BCUT2D eigenvalue weighted by atomic mass is 9.89. The molecule has 0 atom stereocenters. The van der Waals surface area contributed by atoms with Gasteiger partial charge in [0.1, 0.15) is 0 Å². The summed E-state index contributed by atoms with van der Waals surface area (Å²) in [6.45, 7) is 2.13. The molecule has 0 saturated carbocycles. The summed E-state index contributed by atoms with van der Waals surface area (Å²) in [5.74, 6) is 0.704. The molecule has 0 fully saturated rings. The Morgan fingerprint density at radius 1 is 0.600 bits per heavy atom.